The molecule has 2 rings (SSSR count). The van der Waals surface area contributed by atoms with Crippen LogP contribution in [0, 0.1) is 0 Å². The molecule has 0 aromatic heterocycles. The molecule has 0 radical (unpaired) electrons. The largest absolute Gasteiger partial charge is 0.488 e. The van der Waals surface area contributed by atoms with Crippen LogP contribution in [0.4, 0.5) is 0 Å². The lowest BCUT2D eigenvalue weighted by atomic mass is 10.1. The minimum Gasteiger partial charge on any atom is -0.488 e. The van der Waals surface area contributed by atoms with E-state index in [2.05, 4.69) is 15.9 Å². The lowest BCUT2D eigenvalue weighted by Crippen LogP contribution is -2.06. The summed E-state index contributed by atoms with van der Waals surface area (Å²) >= 11 is 3.16. The lowest BCUT2D eigenvalue weighted by molar-refractivity contribution is 0.0691. The number of carboxylic acid groups (broad SMARTS) is 1. The summed E-state index contributed by atoms with van der Waals surface area (Å²) in [6.45, 7) is 0.293. The highest BCUT2D eigenvalue weighted by Gasteiger charge is 2.15. The van der Waals surface area contributed by atoms with Crippen molar-refractivity contribution in [3.63, 3.8) is 0 Å². The number of aliphatic hydroxyl groups is 1. The van der Waals surface area contributed by atoms with E-state index in [1.807, 2.05) is 30.3 Å². The van der Waals surface area contributed by atoms with Gasteiger partial charge in [0.05, 0.1) is 6.10 Å². The van der Waals surface area contributed by atoms with E-state index >= 15 is 0 Å². The molecule has 2 N–H and O–H groups in total. The minimum atomic E-state index is -1.08. The molecule has 0 heterocycles. The van der Waals surface area contributed by atoms with E-state index in [4.69, 9.17) is 4.74 Å². The van der Waals surface area contributed by atoms with Gasteiger partial charge >= 0.3 is 5.97 Å². The van der Waals surface area contributed by atoms with Crippen molar-refractivity contribution < 1.29 is 19.7 Å². The lowest BCUT2D eigenvalue weighted by Gasteiger charge is -2.13. The molecular formula is C16H15BrO4. The highest BCUT2D eigenvalue weighted by Crippen LogP contribution is 2.25. The molecule has 0 bridgehead atoms. The molecule has 21 heavy (non-hydrogen) atoms. The number of alkyl halides is 1. The molecule has 1 atom stereocenters. The summed E-state index contributed by atoms with van der Waals surface area (Å²) in [5, 5.41) is 19.4. The Morgan fingerprint density at radius 3 is 2.52 bits per heavy atom. The van der Waals surface area contributed by atoms with Gasteiger partial charge in [-0.2, -0.15) is 0 Å². The SMILES string of the molecule is O=C(O)c1cc([C@@H](O)CBr)ccc1OCc1ccccc1. The van der Waals surface area contributed by atoms with E-state index in [1.165, 1.54) is 6.07 Å². The van der Waals surface area contributed by atoms with Crippen LogP contribution in [-0.2, 0) is 6.61 Å². The van der Waals surface area contributed by atoms with E-state index in [9.17, 15) is 15.0 Å². The van der Waals surface area contributed by atoms with Crippen LogP contribution in [-0.4, -0.2) is 21.5 Å². The van der Waals surface area contributed by atoms with Crippen LogP contribution in [0.2, 0.25) is 0 Å². The van der Waals surface area contributed by atoms with E-state index in [0.29, 0.717) is 17.5 Å². The molecule has 110 valence electrons. The number of carbonyl (C=O) groups is 1. The van der Waals surface area contributed by atoms with Crippen molar-refractivity contribution >= 4 is 21.9 Å². The Labute approximate surface area is 131 Å². The second-order valence-corrected chi connectivity index (χ2v) is 5.15. The molecule has 0 amide bonds. The van der Waals surface area contributed by atoms with Gasteiger partial charge < -0.3 is 14.9 Å². The maximum Gasteiger partial charge on any atom is 0.339 e. The van der Waals surface area contributed by atoms with E-state index < -0.39 is 12.1 Å². The number of aliphatic hydroxyl groups excluding tert-OH is 1. The fourth-order valence-corrected chi connectivity index (χ4v) is 2.25. The molecular weight excluding hydrogens is 336 g/mol. The number of hydrogen-bond donors (Lipinski definition) is 2. The van der Waals surface area contributed by atoms with Crippen LogP contribution in [0.15, 0.2) is 48.5 Å². The van der Waals surface area contributed by atoms with Crippen LogP contribution < -0.4 is 4.74 Å². The number of ether oxygens (including phenoxy) is 1. The molecule has 0 fully saturated rings. The number of hydrogen-bond acceptors (Lipinski definition) is 3. The molecule has 2 aromatic carbocycles. The van der Waals surface area contributed by atoms with Crippen LogP contribution in [0.25, 0.3) is 0 Å². The fourth-order valence-electron chi connectivity index (χ4n) is 1.87. The molecule has 2 aromatic rings. The average molecular weight is 351 g/mol. The third kappa shape index (κ3) is 4.06. The summed E-state index contributed by atoms with van der Waals surface area (Å²) in [4.78, 5) is 11.3. The first-order valence-corrected chi connectivity index (χ1v) is 7.52. The van der Waals surface area contributed by atoms with Crippen LogP contribution in [0.5, 0.6) is 5.75 Å². The predicted octanol–water partition coefficient (Wildman–Crippen LogP) is 3.39. The van der Waals surface area contributed by atoms with E-state index in [1.54, 1.807) is 12.1 Å². The van der Waals surface area contributed by atoms with Gasteiger partial charge in [0.15, 0.2) is 0 Å². The Morgan fingerprint density at radius 2 is 1.90 bits per heavy atom. The summed E-state index contributed by atoms with van der Waals surface area (Å²) in [7, 11) is 0. The Kier molecular flexibility index (Phi) is 5.36. The summed E-state index contributed by atoms with van der Waals surface area (Å²) in [5.74, 6) is -0.793. The number of carboxylic acids is 1. The smallest absolute Gasteiger partial charge is 0.339 e. The standard InChI is InChI=1S/C16H15BrO4/c17-9-14(18)12-6-7-15(13(8-12)16(19)20)21-10-11-4-2-1-3-5-11/h1-8,14,18H,9-10H2,(H,19,20)/t14-/m0/s1. The molecule has 0 unspecified atom stereocenters. The highest BCUT2D eigenvalue weighted by molar-refractivity contribution is 9.09. The normalized spacial score (nSPS) is 11.9. The van der Waals surface area contributed by atoms with Gasteiger partial charge in [0.25, 0.3) is 0 Å². The van der Waals surface area contributed by atoms with Crippen LogP contribution >= 0.6 is 15.9 Å². The van der Waals surface area contributed by atoms with E-state index in [-0.39, 0.29) is 11.3 Å². The minimum absolute atomic E-state index is 0.0448. The second-order valence-electron chi connectivity index (χ2n) is 4.51. The van der Waals surface area contributed by atoms with Gasteiger partial charge in [-0.05, 0) is 23.3 Å². The molecule has 5 heteroatoms. The Hall–Kier alpha value is -1.85. The number of halogens is 1. The van der Waals surface area contributed by atoms with E-state index in [0.717, 1.165) is 5.56 Å². The third-order valence-electron chi connectivity index (χ3n) is 3.00. The quantitative estimate of drug-likeness (QED) is 0.783. The van der Waals surface area contributed by atoms with Gasteiger partial charge in [0.1, 0.15) is 17.9 Å². The third-order valence-corrected chi connectivity index (χ3v) is 3.62. The molecule has 0 aliphatic rings. The molecule has 0 spiro atoms. The zero-order valence-corrected chi connectivity index (χ0v) is 12.8. The number of rotatable bonds is 6. The highest BCUT2D eigenvalue weighted by atomic mass is 79.9. The average Bonchev–Trinajstić information content (AvgIpc) is 2.52. The van der Waals surface area contributed by atoms with Crippen molar-refractivity contribution in [2.75, 3.05) is 5.33 Å². The summed E-state index contributed by atoms with van der Waals surface area (Å²) in [5.41, 5.74) is 1.54. The Balaban J connectivity index is 2.20. The van der Waals surface area contributed by atoms with Gasteiger partial charge in [-0.3, -0.25) is 0 Å². The molecule has 0 aliphatic carbocycles. The number of aromatic carboxylic acids is 1. The zero-order valence-electron chi connectivity index (χ0n) is 11.2. The zero-order chi connectivity index (χ0) is 15.2. The fraction of sp³-hybridized carbons (Fsp3) is 0.188. The first-order chi connectivity index (χ1) is 10.1. The molecule has 0 saturated heterocycles. The first-order valence-electron chi connectivity index (χ1n) is 6.40. The first kappa shape index (κ1) is 15.5. The van der Waals surface area contributed by atoms with Crippen molar-refractivity contribution in [2.24, 2.45) is 0 Å². The Morgan fingerprint density at radius 1 is 1.19 bits per heavy atom. The van der Waals surface area contributed by atoms with Gasteiger partial charge in [-0.25, -0.2) is 4.79 Å². The van der Waals surface area contributed by atoms with Gasteiger partial charge in [0, 0.05) is 5.33 Å². The van der Waals surface area contributed by atoms with Crippen LogP contribution in [0.1, 0.15) is 27.6 Å². The summed E-state index contributed by atoms with van der Waals surface area (Å²) < 4.78 is 5.58. The summed E-state index contributed by atoms with van der Waals surface area (Å²) in [6.07, 6.45) is -0.744. The molecule has 4 nitrogen and oxygen atoms in total. The van der Waals surface area contributed by atoms with Crippen molar-refractivity contribution in [2.45, 2.75) is 12.7 Å². The van der Waals surface area contributed by atoms with Gasteiger partial charge in [-0.15, -0.1) is 0 Å². The maximum atomic E-state index is 11.3. The van der Waals surface area contributed by atoms with Crippen molar-refractivity contribution in [3.8, 4) is 5.75 Å². The monoisotopic (exact) mass is 350 g/mol. The Bertz CT molecular complexity index is 613. The molecule has 0 aliphatic heterocycles. The second kappa shape index (κ2) is 7.24. The van der Waals surface area contributed by atoms with Gasteiger partial charge in [0.2, 0.25) is 0 Å². The van der Waals surface area contributed by atoms with Crippen LogP contribution in [0.3, 0.4) is 0 Å². The molecule has 0 saturated carbocycles. The summed E-state index contributed by atoms with van der Waals surface area (Å²) in [6, 6.07) is 14.2. The maximum absolute atomic E-state index is 11.3. The van der Waals surface area contributed by atoms with Gasteiger partial charge in [-0.1, -0.05) is 52.3 Å². The predicted molar refractivity (Wildman–Crippen MR) is 82.9 cm³/mol. The topological polar surface area (TPSA) is 66.8 Å². The van der Waals surface area contributed by atoms with Crippen molar-refractivity contribution in [3.05, 3.63) is 65.2 Å². The number of benzene rings is 2. The van der Waals surface area contributed by atoms with Crippen molar-refractivity contribution in [1.29, 1.82) is 0 Å². The van der Waals surface area contributed by atoms with Crippen molar-refractivity contribution in [1.82, 2.24) is 0 Å².